The van der Waals surface area contributed by atoms with Crippen LogP contribution >= 0.6 is 0 Å². The Morgan fingerprint density at radius 1 is 1.00 bits per heavy atom. The molecule has 0 bridgehead atoms. The molecule has 2 heterocycles. The molecule has 10 heteroatoms. The smallest absolute Gasteiger partial charge is 0.381 e. The second-order valence-electron chi connectivity index (χ2n) is 6.87. The molecule has 32 heavy (non-hydrogen) atoms. The zero-order chi connectivity index (χ0) is 22.9. The van der Waals surface area contributed by atoms with Crippen LogP contribution in [-0.2, 0) is 11.0 Å². The largest absolute Gasteiger partial charge is 0.422 e. The molecule has 0 aliphatic rings. The molecule has 0 aliphatic carbocycles. The van der Waals surface area contributed by atoms with Crippen molar-refractivity contribution in [2.24, 2.45) is 0 Å². The molecule has 4 rings (SSSR count). The number of aromatic nitrogens is 3. The van der Waals surface area contributed by atoms with E-state index in [9.17, 15) is 23.1 Å². The lowest BCUT2D eigenvalue weighted by Gasteiger charge is -2.08. The van der Waals surface area contributed by atoms with E-state index in [4.69, 9.17) is 9.05 Å². The highest BCUT2D eigenvalue weighted by molar-refractivity contribution is 5.84. The molecule has 0 fully saturated rings. The number of Topliss-reactive ketones (excluding diaryl/α,β-unsaturated/α-hetero) is 1. The van der Waals surface area contributed by atoms with Crippen molar-refractivity contribution >= 4 is 5.78 Å². The van der Waals surface area contributed by atoms with Gasteiger partial charge in [0.2, 0.25) is 11.6 Å². The number of nitrogens with zero attached hydrogens (tertiary/aromatic N) is 3. The Morgan fingerprint density at radius 3 is 2.31 bits per heavy atom. The number of benzene rings is 2. The average Bonchev–Trinajstić information content (AvgIpc) is 3.46. The second-order valence-corrected chi connectivity index (χ2v) is 6.87. The molecule has 0 aliphatic heterocycles. The topological polar surface area (TPSA) is 102 Å². The predicted octanol–water partition coefficient (Wildman–Crippen LogP) is 5.09. The summed E-state index contributed by atoms with van der Waals surface area (Å²) in [4.78, 5) is 15.7. The summed E-state index contributed by atoms with van der Waals surface area (Å²) in [6, 6.07) is 13.9. The number of ketones is 1. The van der Waals surface area contributed by atoms with E-state index in [-0.39, 0.29) is 29.3 Å². The fourth-order valence-corrected chi connectivity index (χ4v) is 3.12. The minimum atomic E-state index is -4.78. The van der Waals surface area contributed by atoms with Crippen LogP contribution in [-0.4, -0.2) is 26.2 Å². The first-order chi connectivity index (χ1) is 15.3. The SMILES string of the molecule is CCC(=O)C(O)c1ccc(-c2noc(-c3onc(-c4ccccc4)c3C(F)(F)F)n2)cc1. The number of aliphatic hydroxyl groups is 1. The minimum Gasteiger partial charge on any atom is -0.381 e. The molecule has 2 aromatic carbocycles. The van der Waals surface area contributed by atoms with Gasteiger partial charge in [0.25, 0.3) is 5.89 Å². The van der Waals surface area contributed by atoms with Crippen LogP contribution in [0.1, 0.15) is 30.6 Å². The fourth-order valence-electron chi connectivity index (χ4n) is 3.12. The predicted molar refractivity (Wildman–Crippen MR) is 106 cm³/mol. The second kappa shape index (κ2) is 8.39. The molecule has 164 valence electrons. The van der Waals surface area contributed by atoms with Gasteiger partial charge in [0.05, 0.1) is 0 Å². The molecule has 7 nitrogen and oxygen atoms in total. The minimum absolute atomic E-state index is 0.00800. The van der Waals surface area contributed by atoms with Crippen LogP contribution in [0.15, 0.2) is 63.6 Å². The summed E-state index contributed by atoms with van der Waals surface area (Å²) in [7, 11) is 0. The van der Waals surface area contributed by atoms with Crippen LogP contribution in [0, 0.1) is 0 Å². The molecular formula is C22H16F3N3O4. The summed E-state index contributed by atoms with van der Waals surface area (Å²) in [6.07, 6.45) is -5.85. The van der Waals surface area contributed by atoms with Crippen molar-refractivity contribution in [2.45, 2.75) is 25.6 Å². The molecule has 0 saturated carbocycles. The van der Waals surface area contributed by atoms with Crippen LogP contribution < -0.4 is 0 Å². The van der Waals surface area contributed by atoms with Gasteiger partial charge in [0, 0.05) is 17.5 Å². The van der Waals surface area contributed by atoms with Gasteiger partial charge < -0.3 is 14.2 Å². The maximum atomic E-state index is 13.8. The Morgan fingerprint density at radius 2 is 1.69 bits per heavy atom. The Labute approximate surface area is 179 Å². The Hall–Kier alpha value is -3.79. The highest BCUT2D eigenvalue weighted by atomic mass is 19.4. The zero-order valence-electron chi connectivity index (χ0n) is 16.6. The van der Waals surface area contributed by atoms with Gasteiger partial charge in [-0.1, -0.05) is 71.8 Å². The fraction of sp³-hybridized carbons (Fsp3) is 0.182. The van der Waals surface area contributed by atoms with E-state index in [0.717, 1.165) is 0 Å². The molecule has 0 amide bonds. The Balaban J connectivity index is 1.69. The quantitative estimate of drug-likeness (QED) is 0.443. The third-order valence-electron chi connectivity index (χ3n) is 4.78. The first-order valence-electron chi connectivity index (χ1n) is 9.57. The first-order valence-corrected chi connectivity index (χ1v) is 9.57. The summed E-state index contributed by atoms with van der Waals surface area (Å²) in [5, 5.41) is 17.3. The van der Waals surface area contributed by atoms with Gasteiger partial charge >= 0.3 is 6.18 Å². The van der Waals surface area contributed by atoms with E-state index in [2.05, 4.69) is 15.3 Å². The van der Waals surface area contributed by atoms with Crippen molar-refractivity contribution < 1.29 is 32.1 Å². The van der Waals surface area contributed by atoms with Crippen molar-refractivity contribution in [1.82, 2.24) is 15.3 Å². The number of hydrogen-bond acceptors (Lipinski definition) is 7. The van der Waals surface area contributed by atoms with E-state index >= 15 is 0 Å². The van der Waals surface area contributed by atoms with E-state index < -0.39 is 29.5 Å². The standard InChI is InChI=1S/C22H16F3N3O4/c1-2-15(29)18(30)13-8-10-14(11-9-13)20-26-21(32-28-20)19-16(22(23,24)25)17(27-31-19)12-6-4-3-5-7-12/h3-11,18,30H,2H2,1H3. The maximum absolute atomic E-state index is 13.8. The number of aliphatic hydroxyl groups excluding tert-OH is 1. The van der Waals surface area contributed by atoms with Crippen LogP contribution in [0.5, 0.6) is 0 Å². The lowest BCUT2D eigenvalue weighted by molar-refractivity contribution is -0.137. The third-order valence-corrected chi connectivity index (χ3v) is 4.78. The van der Waals surface area contributed by atoms with Crippen molar-refractivity contribution in [1.29, 1.82) is 0 Å². The number of hydrogen-bond donors (Lipinski definition) is 1. The van der Waals surface area contributed by atoms with E-state index in [0.29, 0.717) is 11.1 Å². The number of alkyl halides is 3. The van der Waals surface area contributed by atoms with Crippen LogP contribution in [0.2, 0.25) is 0 Å². The normalized spacial score (nSPS) is 12.7. The van der Waals surface area contributed by atoms with Gasteiger partial charge in [0.15, 0.2) is 5.78 Å². The van der Waals surface area contributed by atoms with Crippen molar-refractivity contribution in [3.63, 3.8) is 0 Å². The van der Waals surface area contributed by atoms with E-state index in [1.165, 1.54) is 36.4 Å². The molecule has 2 aromatic heterocycles. The van der Waals surface area contributed by atoms with Crippen molar-refractivity contribution in [3.05, 3.63) is 65.7 Å². The maximum Gasteiger partial charge on any atom is 0.422 e. The molecule has 0 saturated heterocycles. The highest BCUT2D eigenvalue weighted by Gasteiger charge is 2.42. The van der Waals surface area contributed by atoms with E-state index in [1.54, 1.807) is 25.1 Å². The van der Waals surface area contributed by atoms with Gasteiger partial charge in [-0.05, 0) is 5.56 Å². The van der Waals surface area contributed by atoms with Crippen molar-refractivity contribution in [2.75, 3.05) is 0 Å². The highest BCUT2D eigenvalue weighted by Crippen LogP contribution is 2.43. The monoisotopic (exact) mass is 443 g/mol. The van der Waals surface area contributed by atoms with Crippen molar-refractivity contribution in [3.8, 4) is 34.3 Å². The third kappa shape index (κ3) is 4.04. The molecule has 0 radical (unpaired) electrons. The van der Waals surface area contributed by atoms with Crippen LogP contribution in [0.3, 0.4) is 0 Å². The summed E-state index contributed by atoms with van der Waals surface area (Å²) < 4.78 is 51.4. The van der Waals surface area contributed by atoms with Gasteiger partial charge in [-0.25, -0.2) is 0 Å². The number of halogens is 3. The van der Waals surface area contributed by atoms with E-state index in [1.807, 2.05) is 0 Å². The average molecular weight is 443 g/mol. The Kier molecular flexibility index (Phi) is 5.62. The van der Waals surface area contributed by atoms with Gasteiger partial charge in [0.1, 0.15) is 17.4 Å². The van der Waals surface area contributed by atoms with Crippen LogP contribution in [0.4, 0.5) is 13.2 Å². The lowest BCUT2D eigenvalue weighted by Crippen LogP contribution is -2.10. The summed E-state index contributed by atoms with van der Waals surface area (Å²) in [6.45, 7) is 1.64. The molecule has 1 N–H and O–H groups in total. The number of rotatable bonds is 6. The summed E-state index contributed by atoms with van der Waals surface area (Å²) in [5.41, 5.74) is -0.477. The van der Waals surface area contributed by atoms with Gasteiger partial charge in [-0.2, -0.15) is 18.2 Å². The zero-order valence-corrected chi connectivity index (χ0v) is 16.6. The number of carbonyl (C=O) groups is 1. The molecule has 1 unspecified atom stereocenters. The molecule has 1 atom stereocenters. The van der Waals surface area contributed by atoms with Crippen LogP contribution in [0.25, 0.3) is 34.3 Å². The number of carbonyl (C=O) groups excluding carboxylic acids is 1. The Bertz CT molecular complexity index is 1230. The molecule has 0 spiro atoms. The lowest BCUT2D eigenvalue weighted by atomic mass is 10.0. The van der Waals surface area contributed by atoms with Gasteiger partial charge in [-0.15, -0.1) is 0 Å². The molecular weight excluding hydrogens is 427 g/mol. The summed E-state index contributed by atoms with van der Waals surface area (Å²) in [5.74, 6) is -1.49. The first kappa shape index (κ1) is 21.4. The summed E-state index contributed by atoms with van der Waals surface area (Å²) >= 11 is 0. The molecule has 4 aromatic rings. The van der Waals surface area contributed by atoms with Gasteiger partial charge in [-0.3, -0.25) is 4.79 Å².